The molecule has 1 N–H and O–H groups in total. The van der Waals surface area contributed by atoms with Gasteiger partial charge < -0.3 is 19.5 Å². The van der Waals surface area contributed by atoms with Crippen molar-refractivity contribution in [2.24, 2.45) is 0 Å². The van der Waals surface area contributed by atoms with Crippen LogP contribution < -0.4 is 15.0 Å². The number of benzene rings is 2. The Hall–Kier alpha value is -2.95. The fourth-order valence-corrected chi connectivity index (χ4v) is 4.06. The van der Waals surface area contributed by atoms with E-state index in [2.05, 4.69) is 45.2 Å². The van der Waals surface area contributed by atoms with E-state index in [1.54, 1.807) is 7.11 Å². The van der Waals surface area contributed by atoms with Gasteiger partial charge in [-0.25, -0.2) is 0 Å². The Morgan fingerprint density at radius 3 is 2.86 bits per heavy atom. The molecule has 2 heterocycles. The third-order valence-corrected chi connectivity index (χ3v) is 5.47. The quantitative estimate of drug-likeness (QED) is 0.710. The first-order valence-electron chi connectivity index (χ1n) is 9.96. The Balaban J connectivity index is 1.34. The van der Waals surface area contributed by atoms with Crippen molar-refractivity contribution in [2.75, 3.05) is 25.1 Å². The van der Waals surface area contributed by atoms with Gasteiger partial charge in [-0.1, -0.05) is 30.3 Å². The van der Waals surface area contributed by atoms with Gasteiger partial charge in [0.1, 0.15) is 5.75 Å². The highest BCUT2D eigenvalue weighted by Crippen LogP contribution is 2.29. The number of hydrogen-bond acceptors (Lipinski definition) is 3. The number of carbonyl (C=O) groups excluding carboxylic acids is 1. The largest absolute Gasteiger partial charge is 0.495 e. The number of para-hydroxylation sites is 3. The summed E-state index contributed by atoms with van der Waals surface area (Å²) in [6.45, 7) is 2.50. The van der Waals surface area contributed by atoms with Gasteiger partial charge in [0, 0.05) is 43.8 Å². The highest BCUT2D eigenvalue weighted by molar-refractivity contribution is 5.80. The van der Waals surface area contributed by atoms with Gasteiger partial charge in [-0.05, 0) is 42.5 Å². The number of fused-ring (bicyclic) bond motifs is 1. The average molecular weight is 377 g/mol. The van der Waals surface area contributed by atoms with Crippen LogP contribution in [0, 0.1) is 0 Å². The molecule has 1 saturated heterocycles. The lowest BCUT2D eigenvalue weighted by atomic mass is 10.0. The Morgan fingerprint density at radius 2 is 1.96 bits per heavy atom. The first-order chi connectivity index (χ1) is 13.7. The van der Waals surface area contributed by atoms with Gasteiger partial charge in [-0.3, -0.25) is 4.79 Å². The highest BCUT2D eigenvalue weighted by atomic mass is 16.5. The molecule has 0 aliphatic carbocycles. The summed E-state index contributed by atoms with van der Waals surface area (Å²) in [5.41, 5.74) is 2.28. The average Bonchev–Trinajstić information content (AvgIpc) is 3.15. The maximum atomic E-state index is 12.5. The van der Waals surface area contributed by atoms with Crippen LogP contribution >= 0.6 is 0 Å². The second-order valence-corrected chi connectivity index (χ2v) is 7.34. The second-order valence-electron chi connectivity index (χ2n) is 7.34. The van der Waals surface area contributed by atoms with Crippen LogP contribution in [0.3, 0.4) is 0 Å². The van der Waals surface area contributed by atoms with Gasteiger partial charge in [0.15, 0.2) is 0 Å². The lowest BCUT2D eigenvalue weighted by molar-refractivity contribution is -0.122. The van der Waals surface area contributed by atoms with Crippen molar-refractivity contribution in [3.05, 3.63) is 60.8 Å². The zero-order chi connectivity index (χ0) is 19.3. The van der Waals surface area contributed by atoms with E-state index in [9.17, 15) is 4.79 Å². The van der Waals surface area contributed by atoms with E-state index in [0.29, 0.717) is 13.0 Å². The SMILES string of the molecule is COc1ccccc1N1CCCC(NC(=O)CCn2ccc3ccccc32)C1. The molecule has 0 radical (unpaired) electrons. The summed E-state index contributed by atoms with van der Waals surface area (Å²) in [6.07, 6.45) is 4.63. The van der Waals surface area contributed by atoms with Crippen LogP contribution in [0.1, 0.15) is 19.3 Å². The first kappa shape index (κ1) is 18.4. The lowest BCUT2D eigenvalue weighted by Gasteiger charge is -2.35. The number of nitrogens with zero attached hydrogens (tertiary/aromatic N) is 2. The summed E-state index contributed by atoms with van der Waals surface area (Å²) in [5.74, 6) is 0.999. The summed E-state index contributed by atoms with van der Waals surface area (Å²) in [4.78, 5) is 14.9. The molecule has 28 heavy (non-hydrogen) atoms. The maximum Gasteiger partial charge on any atom is 0.222 e. The van der Waals surface area contributed by atoms with Gasteiger partial charge in [-0.2, -0.15) is 0 Å². The monoisotopic (exact) mass is 377 g/mol. The third kappa shape index (κ3) is 3.98. The van der Waals surface area contributed by atoms with Gasteiger partial charge in [0.25, 0.3) is 0 Å². The van der Waals surface area contributed by atoms with E-state index in [0.717, 1.165) is 37.4 Å². The van der Waals surface area contributed by atoms with E-state index < -0.39 is 0 Å². The van der Waals surface area contributed by atoms with Crippen LogP contribution in [0.25, 0.3) is 10.9 Å². The predicted molar refractivity (Wildman–Crippen MR) is 113 cm³/mol. The Morgan fingerprint density at radius 1 is 1.14 bits per heavy atom. The van der Waals surface area contributed by atoms with Crippen molar-refractivity contribution in [3.8, 4) is 5.75 Å². The molecule has 3 aromatic rings. The number of anilines is 1. The van der Waals surface area contributed by atoms with Crippen molar-refractivity contribution >= 4 is 22.5 Å². The van der Waals surface area contributed by atoms with Crippen LogP contribution in [-0.2, 0) is 11.3 Å². The molecular formula is C23H27N3O2. The molecule has 1 atom stereocenters. The predicted octanol–water partition coefficient (Wildman–Crippen LogP) is 3.83. The van der Waals surface area contributed by atoms with E-state index in [1.807, 2.05) is 30.3 Å². The topological polar surface area (TPSA) is 46.5 Å². The summed E-state index contributed by atoms with van der Waals surface area (Å²) in [5, 5.41) is 4.44. The van der Waals surface area contributed by atoms with E-state index in [-0.39, 0.29) is 11.9 Å². The zero-order valence-corrected chi connectivity index (χ0v) is 16.3. The molecule has 1 amide bonds. The number of aryl methyl sites for hydroxylation is 1. The molecule has 5 heteroatoms. The van der Waals surface area contributed by atoms with E-state index >= 15 is 0 Å². The normalized spacial score (nSPS) is 16.9. The van der Waals surface area contributed by atoms with Gasteiger partial charge in [-0.15, -0.1) is 0 Å². The summed E-state index contributed by atoms with van der Waals surface area (Å²) >= 11 is 0. The molecule has 1 aromatic heterocycles. The molecule has 1 unspecified atom stereocenters. The van der Waals surface area contributed by atoms with E-state index in [1.165, 1.54) is 10.9 Å². The summed E-state index contributed by atoms with van der Waals surface area (Å²) in [7, 11) is 1.70. The van der Waals surface area contributed by atoms with Crippen molar-refractivity contribution in [2.45, 2.75) is 31.8 Å². The van der Waals surface area contributed by atoms with Crippen molar-refractivity contribution in [1.29, 1.82) is 0 Å². The number of carbonyl (C=O) groups is 1. The Labute approximate surface area is 165 Å². The van der Waals surface area contributed by atoms with Crippen LogP contribution in [0.15, 0.2) is 60.8 Å². The minimum Gasteiger partial charge on any atom is -0.495 e. The standard InChI is InChI=1S/C23H27N3O2/c1-28-22-11-5-4-10-21(22)26-14-6-8-19(17-26)24-23(27)13-16-25-15-12-18-7-2-3-9-20(18)25/h2-5,7,9-12,15,19H,6,8,13-14,16-17H2,1H3,(H,24,27). The van der Waals surface area contributed by atoms with Crippen molar-refractivity contribution in [3.63, 3.8) is 0 Å². The molecule has 146 valence electrons. The fraction of sp³-hybridized carbons (Fsp3) is 0.348. The van der Waals surface area contributed by atoms with Crippen LogP contribution in [0.4, 0.5) is 5.69 Å². The van der Waals surface area contributed by atoms with Crippen LogP contribution in [-0.4, -0.2) is 36.7 Å². The fourth-order valence-electron chi connectivity index (χ4n) is 4.06. The molecular weight excluding hydrogens is 350 g/mol. The smallest absolute Gasteiger partial charge is 0.222 e. The number of rotatable bonds is 6. The van der Waals surface area contributed by atoms with Crippen LogP contribution in [0.5, 0.6) is 5.75 Å². The number of aromatic nitrogens is 1. The maximum absolute atomic E-state index is 12.5. The van der Waals surface area contributed by atoms with Crippen molar-refractivity contribution < 1.29 is 9.53 Å². The molecule has 1 fully saturated rings. The second kappa shape index (κ2) is 8.38. The van der Waals surface area contributed by atoms with Gasteiger partial charge in [0.2, 0.25) is 5.91 Å². The number of nitrogens with one attached hydrogen (secondary N) is 1. The summed E-state index contributed by atoms with van der Waals surface area (Å²) in [6, 6.07) is 18.6. The lowest BCUT2D eigenvalue weighted by Crippen LogP contribution is -2.48. The first-order valence-corrected chi connectivity index (χ1v) is 9.96. The molecule has 1 aliphatic rings. The molecule has 0 saturated carbocycles. The molecule has 1 aliphatic heterocycles. The number of amides is 1. The van der Waals surface area contributed by atoms with Crippen LogP contribution in [0.2, 0.25) is 0 Å². The van der Waals surface area contributed by atoms with Gasteiger partial charge in [0.05, 0.1) is 12.8 Å². The highest BCUT2D eigenvalue weighted by Gasteiger charge is 2.23. The molecule has 0 bridgehead atoms. The third-order valence-electron chi connectivity index (χ3n) is 5.47. The number of piperidine rings is 1. The molecule has 5 nitrogen and oxygen atoms in total. The molecule has 4 rings (SSSR count). The van der Waals surface area contributed by atoms with E-state index in [4.69, 9.17) is 4.74 Å². The minimum atomic E-state index is 0.115. The Bertz CT molecular complexity index is 950. The number of hydrogen-bond donors (Lipinski definition) is 1. The molecule has 2 aromatic carbocycles. The minimum absolute atomic E-state index is 0.115. The molecule has 0 spiro atoms. The number of ether oxygens (including phenoxy) is 1. The van der Waals surface area contributed by atoms with Gasteiger partial charge >= 0.3 is 0 Å². The zero-order valence-electron chi connectivity index (χ0n) is 16.3. The number of methoxy groups -OCH3 is 1. The Kier molecular flexibility index (Phi) is 5.51. The summed E-state index contributed by atoms with van der Waals surface area (Å²) < 4.78 is 7.65. The van der Waals surface area contributed by atoms with Crippen molar-refractivity contribution in [1.82, 2.24) is 9.88 Å².